The zero-order valence-electron chi connectivity index (χ0n) is 10.3. The van der Waals surface area contributed by atoms with Crippen molar-refractivity contribution in [2.75, 3.05) is 20.3 Å². The first kappa shape index (κ1) is 14.5. The minimum Gasteiger partial charge on any atom is -0.465 e. The van der Waals surface area contributed by atoms with E-state index in [-0.39, 0.29) is 17.1 Å². The van der Waals surface area contributed by atoms with E-state index in [2.05, 4.69) is 20.7 Å². The summed E-state index contributed by atoms with van der Waals surface area (Å²) < 4.78 is 35.0. The summed E-state index contributed by atoms with van der Waals surface area (Å²) in [5.41, 5.74) is 0.197. The van der Waals surface area contributed by atoms with Crippen molar-refractivity contribution in [1.29, 1.82) is 0 Å². The van der Waals surface area contributed by atoms with Gasteiger partial charge in [-0.2, -0.15) is 0 Å². The lowest BCUT2D eigenvalue weighted by Gasteiger charge is -2.11. The average Bonchev–Trinajstić information content (AvgIpc) is 2.92. The fraction of sp³-hybridized carbons (Fsp3) is 0.417. The summed E-state index contributed by atoms with van der Waals surface area (Å²) in [7, 11) is -2.22. The molecule has 1 unspecified atom stereocenters. The molecular weight excluding hydrogens is 336 g/mol. The van der Waals surface area contributed by atoms with Crippen molar-refractivity contribution in [3.63, 3.8) is 0 Å². The fourth-order valence-corrected chi connectivity index (χ4v) is 3.91. The highest BCUT2D eigenvalue weighted by atomic mass is 79.9. The lowest BCUT2D eigenvalue weighted by atomic mass is 10.2. The van der Waals surface area contributed by atoms with E-state index in [1.165, 1.54) is 25.3 Å². The van der Waals surface area contributed by atoms with Gasteiger partial charge in [0.05, 0.1) is 29.4 Å². The van der Waals surface area contributed by atoms with Gasteiger partial charge in [0.1, 0.15) is 0 Å². The molecule has 7 heteroatoms. The number of hydrogen-bond acceptors (Lipinski definition) is 5. The second-order valence-electron chi connectivity index (χ2n) is 4.16. The molecule has 1 fully saturated rings. The van der Waals surface area contributed by atoms with Crippen LogP contribution in [-0.2, 0) is 19.3 Å². The second-order valence-corrected chi connectivity index (χ2v) is 7.25. The quantitative estimate of drug-likeness (QED) is 0.779. The van der Waals surface area contributed by atoms with Crippen LogP contribution in [0.15, 0.2) is 27.6 Å². The molecule has 5 nitrogen and oxygen atoms in total. The average molecular weight is 349 g/mol. The zero-order valence-corrected chi connectivity index (χ0v) is 12.7. The molecule has 1 saturated heterocycles. The van der Waals surface area contributed by atoms with Gasteiger partial charge in [-0.15, -0.1) is 0 Å². The Hall–Kier alpha value is -0.920. The zero-order chi connectivity index (χ0) is 14.0. The van der Waals surface area contributed by atoms with Crippen LogP contribution in [0.25, 0.3) is 0 Å². The highest BCUT2D eigenvalue weighted by molar-refractivity contribution is 9.10. The topological polar surface area (TPSA) is 69.7 Å². The van der Waals surface area contributed by atoms with Crippen LogP contribution >= 0.6 is 15.9 Å². The summed E-state index contributed by atoms with van der Waals surface area (Å²) in [6, 6.07) is 4.35. The SMILES string of the molecule is COC(=O)c1cc(S(=O)(=O)C2CCOC2)ccc1Br. The third kappa shape index (κ3) is 2.82. The first-order valence-electron chi connectivity index (χ1n) is 5.66. The van der Waals surface area contributed by atoms with Crippen molar-refractivity contribution in [3.05, 3.63) is 28.2 Å². The Bertz CT molecular complexity index is 590. The highest BCUT2D eigenvalue weighted by Crippen LogP contribution is 2.26. The Morgan fingerprint density at radius 2 is 2.21 bits per heavy atom. The molecule has 2 rings (SSSR count). The number of esters is 1. The van der Waals surface area contributed by atoms with Crippen LogP contribution < -0.4 is 0 Å². The van der Waals surface area contributed by atoms with E-state index in [1.807, 2.05) is 0 Å². The molecule has 0 aliphatic carbocycles. The highest BCUT2D eigenvalue weighted by Gasteiger charge is 2.31. The molecule has 0 aromatic heterocycles. The van der Waals surface area contributed by atoms with E-state index < -0.39 is 21.1 Å². The molecule has 0 amide bonds. The standard InChI is InChI=1S/C12H13BrO5S/c1-17-12(14)10-6-8(2-3-11(10)13)19(15,16)9-4-5-18-7-9/h2-3,6,9H,4-5,7H2,1H3. The van der Waals surface area contributed by atoms with Gasteiger partial charge in [0.15, 0.2) is 9.84 Å². The number of carbonyl (C=O) groups excluding carboxylic acids is 1. The smallest absolute Gasteiger partial charge is 0.339 e. The van der Waals surface area contributed by atoms with Gasteiger partial charge in [-0.3, -0.25) is 0 Å². The number of sulfone groups is 1. The number of benzene rings is 1. The third-order valence-electron chi connectivity index (χ3n) is 3.00. The minimum absolute atomic E-state index is 0.117. The normalized spacial score (nSPS) is 19.4. The summed E-state index contributed by atoms with van der Waals surface area (Å²) in [5.74, 6) is -0.577. The molecule has 1 aromatic rings. The fourth-order valence-electron chi connectivity index (χ4n) is 1.90. The Morgan fingerprint density at radius 1 is 1.47 bits per heavy atom. The maximum Gasteiger partial charge on any atom is 0.339 e. The maximum atomic E-state index is 12.4. The Kier molecular flexibility index (Phi) is 4.27. The summed E-state index contributed by atoms with van der Waals surface area (Å²) in [5, 5.41) is -0.542. The molecule has 19 heavy (non-hydrogen) atoms. The van der Waals surface area contributed by atoms with Gasteiger partial charge in [-0.25, -0.2) is 13.2 Å². The van der Waals surface area contributed by atoms with Crippen LogP contribution in [0.1, 0.15) is 16.8 Å². The van der Waals surface area contributed by atoms with E-state index in [4.69, 9.17) is 4.74 Å². The van der Waals surface area contributed by atoms with Crippen LogP contribution in [0.5, 0.6) is 0 Å². The Morgan fingerprint density at radius 3 is 2.79 bits per heavy atom. The molecule has 1 heterocycles. The monoisotopic (exact) mass is 348 g/mol. The molecule has 1 atom stereocenters. The van der Waals surface area contributed by atoms with E-state index >= 15 is 0 Å². The minimum atomic E-state index is -3.47. The lowest BCUT2D eigenvalue weighted by molar-refractivity contribution is 0.0599. The van der Waals surface area contributed by atoms with E-state index in [1.54, 1.807) is 0 Å². The number of methoxy groups -OCH3 is 1. The molecule has 1 aliphatic heterocycles. The molecule has 1 aromatic carbocycles. The van der Waals surface area contributed by atoms with Gasteiger partial charge in [0, 0.05) is 11.1 Å². The molecule has 0 bridgehead atoms. The number of hydrogen-bond donors (Lipinski definition) is 0. The number of halogens is 1. The molecule has 0 radical (unpaired) electrons. The van der Waals surface area contributed by atoms with E-state index in [0.717, 1.165) is 0 Å². The first-order chi connectivity index (χ1) is 8.96. The van der Waals surface area contributed by atoms with Crippen molar-refractivity contribution >= 4 is 31.7 Å². The molecular formula is C12H13BrO5S. The Labute approximate surface area is 119 Å². The van der Waals surface area contributed by atoms with Crippen molar-refractivity contribution in [2.24, 2.45) is 0 Å². The molecule has 1 aliphatic rings. The maximum absolute atomic E-state index is 12.4. The van der Waals surface area contributed by atoms with Crippen molar-refractivity contribution in [1.82, 2.24) is 0 Å². The Balaban J connectivity index is 2.43. The number of rotatable bonds is 3. The molecule has 0 saturated carbocycles. The third-order valence-corrected chi connectivity index (χ3v) is 5.85. The number of carbonyl (C=O) groups is 1. The largest absolute Gasteiger partial charge is 0.465 e. The summed E-state index contributed by atoms with van der Waals surface area (Å²) in [6.07, 6.45) is 0.478. The lowest BCUT2D eigenvalue weighted by Crippen LogP contribution is -2.21. The van der Waals surface area contributed by atoms with Crippen LogP contribution in [0.2, 0.25) is 0 Å². The molecule has 0 spiro atoms. The predicted molar refractivity (Wildman–Crippen MR) is 71.9 cm³/mol. The van der Waals surface area contributed by atoms with Gasteiger partial charge in [0.2, 0.25) is 0 Å². The molecule has 104 valence electrons. The summed E-state index contributed by atoms with van der Waals surface area (Å²) in [6.45, 7) is 0.649. The van der Waals surface area contributed by atoms with Crippen LogP contribution in [0, 0.1) is 0 Å². The van der Waals surface area contributed by atoms with Crippen molar-refractivity contribution in [3.8, 4) is 0 Å². The predicted octanol–water partition coefficient (Wildman–Crippen LogP) is 1.80. The van der Waals surface area contributed by atoms with E-state index in [9.17, 15) is 13.2 Å². The second kappa shape index (κ2) is 5.60. The van der Waals surface area contributed by atoms with Crippen LogP contribution in [-0.4, -0.2) is 40.0 Å². The van der Waals surface area contributed by atoms with Crippen molar-refractivity contribution < 1.29 is 22.7 Å². The van der Waals surface area contributed by atoms with Gasteiger partial charge >= 0.3 is 5.97 Å². The van der Waals surface area contributed by atoms with Gasteiger partial charge in [-0.1, -0.05) is 0 Å². The van der Waals surface area contributed by atoms with Crippen LogP contribution in [0.3, 0.4) is 0 Å². The summed E-state index contributed by atoms with van der Waals surface area (Å²) in [4.78, 5) is 11.7. The van der Waals surface area contributed by atoms with Gasteiger partial charge in [0.25, 0.3) is 0 Å². The first-order valence-corrected chi connectivity index (χ1v) is 8.00. The number of ether oxygens (including phenoxy) is 2. The van der Waals surface area contributed by atoms with Gasteiger partial charge < -0.3 is 9.47 Å². The van der Waals surface area contributed by atoms with E-state index in [0.29, 0.717) is 17.5 Å². The van der Waals surface area contributed by atoms with Crippen LogP contribution in [0.4, 0.5) is 0 Å². The van der Waals surface area contributed by atoms with Crippen molar-refractivity contribution in [2.45, 2.75) is 16.6 Å². The summed E-state index contributed by atoms with van der Waals surface area (Å²) >= 11 is 3.20. The van der Waals surface area contributed by atoms with Gasteiger partial charge in [-0.05, 0) is 40.5 Å². The molecule has 0 N–H and O–H groups in total.